The highest BCUT2D eigenvalue weighted by atomic mass is 32.2. The number of benzene rings is 1. The summed E-state index contributed by atoms with van der Waals surface area (Å²) >= 11 is 0. The van der Waals surface area contributed by atoms with Gasteiger partial charge < -0.3 is 10.1 Å². The first-order chi connectivity index (χ1) is 9.51. The van der Waals surface area contributed by atoms with Crippen molar-refractivity contribution in [3.63, 3.8) is 0 Å². The predicted molar refractivity (Wildman–Crippen MR) is 80.7 cm³/mol. The van der Waals surface area contributed by atoms with Crippen LogP contribution in [0.25, 0.3) is 0 Å². The van der Waals surface area contributed by atoms with Gasteiger partial charge in [0.05, 0.1) is 11.5 Å². The third-order valence-corrected chi connectivity index (χ3v) is 4.29. The van der Waals surface area contributed by atoms with Crippen LogP contribution in [0, 0.1) is 6.92 Å². The molecule has 0 heterocycles. The molecule has 114 valence electrons. The molecule has 0 unspecified atom stereocenters. The number of rotatable bonds is 9. The van der Waals surface area contributed by atoms with Crippen LogP contribution in [-0.4, -0.2) is 34.7 Å². The molecule has 0 aliphatic rings. The minimum absolute atomic E-state index is 0.280. The maximum atomic E-state index is 12.1. The summed E-state index contributed by atoms with van der Waals surface area (Å²) in [5.41, 5.74) is 0.822. The molecule has 20 heavy (non-hydrogen) atoms. The lowest BCUT2D eigenvalue weighted by Crippen LogP contribution is -2.27. The molecule has 0 atom stereocenters. The molecule has 6 heteroatoms. The van der Waals surface area contributed by atoms with Crippen LogP contribution in [0.4, 0.5) is 0 Å². The highest BCUT2D eigenvalue weighted by Gasteiger charge is 2.14. The normalized spacial score (nSPS) is 11.6. The van der Waals surface area contributed by atoms with E-state index in [4.69, 9.17) is 4.74 Å². The third kappa shape index (κ3) is 5.11. The van der Waals surface area contributed by atoms with Crippen molar-refractivity contribution in [2.75, 3.05) is 26.2 Å². The van der Waals surface area contributed by atoms with E-state index in [0.717, 1.165) is 30.8 Å². The minimum Gasteiger partial charge on any atom is -0.494 e. The van der Waals surface area contributed by atoms with Gasteiger partial charge in [-0.05, 0) is 57.1 Å². The quantitative estimate of drug-likeness (QED) is 0.681. The van der Waals surface area contributed by atoms with E-state index in [1.807, 2.05) is 20.8 Å². The van der Waals surface area contributed by atoms with Crippen LogP contribution in [0.2, 0.25) is 0 Å². The molecule has 0 radical (unpaired) electrons. The lowest BCUT2D eigenvalue weighted by Gasteiger charge is -2.10. The second-order valence-electron chi connectivity index (χ2n) is 4.47. The van der Waals surface area contributed by atoms with E-state index in [0.29, 0.717) is 13.2 Å². The largest absolute Gasteiger partial charge is 0.494 e. The zero-order chi connectivity index (χ0) is 15.0. The van der Waals surface area contributed by atoms with Gasteiger partial charge in [0, 0.05) is 6.54 Å². The predicted octanol–water partition coefficient (Wildman–Crippen LogP) is 1.67. The molecule has 5 nitrogen and oxygen atoms in total. The van der Waals surface area contributed by atoms with Gasteiger partial charge >= 0.3 is 0 Å². The van der Waals surface area contributed by atoms with Gasteiger partial charge in [0.25, 0.3) is 0 Å². The van der Waals surface area contributed by atoms with Gasteiger partial charge in [0.1, 0.15) is 5.75 Å². The molecule has 0 aliphatic heterocycles. The molecule has 1 rings (SSSR count). The summed E-state index contributed by atoms with van der Waals surface area (Å²) in [6.45, 7) is 8.46. The molecule has 0 bridgehead atoms. The maximum Gasteiger partial charge on any atom is 0.240 e. The van der Waals surface area contributed by atoms with E-state index in [1.54, 1.807) is 18.2 Å². The summed E-state index contributed by atoms with van der Waals surface area (Å²) in [5, 5.41) is 3.15. The zero-order valence-corrected chi connectivity index (χ0v) is 13.2. The fourth-order valence-corrected chi connectivity index (χ4v) is 2.95. The number of aryl methyl sites for hydroxylation is 1. The number of ether oxygens (including phenoxy) is 1. The Morgan fingerprint density at radius 2 is 1.95 bits per heavy atom. The van der Waals surface area contributed by atoms with Gasteiger partial charge in [-0.25, -0.2) is 13.1 Å². The van der Waals surface area contributed by atoms with E-state index in [9.17, 15) is 8.42 Å². The summed E-state index contributed by atoms with van der Waals surface area (Å²) in [5.74, 6) is 0.721. The summed E-state index contributed by atoms with van der Waals surface area (Å²) in [4.78, 5) is 0.280. The monoisotopic (exact) mass is 300 g/mol. The molecule has 0 spiro atoms. The fraction of sp³-hybridized carbons (Fsp3) is 0.571. The van der Waals surface area contributed by atoms with Crippen molar-refractivity contribution in [1.29, 1.82) is 0 Å². The Bertz CT molecular complexity index is 515. The lowest BCUT2D eigenvalue weighted by molar-refractivity contribution is 0.337. The van der Waals surface area contributed by atoms with Gasteiger partial charge in [-0.2, -0.15) is 0 Å². The fourth-order valence-electron chi connectivity index (χ4n) is 1.79. The first kappa shape index (κ1) is 16.9. The maximum absolute atomic E-state index is 12.1. The Morgan fingerprint density at radius 1 is 1.20 bits per heavy atom. The van der Waals surface area contributed by atoms with Crippen LogP contribution in [-0.2, 0) is 10.0 Å². The summed E-state index contributed by atoms with van der Waals surface area (Å²) in [7, 11) is -3.44. The van der Waals surface area contributed by atoms with E-state index in [2.05, 4.69) is 10.0 Å². The van der Waals surface area contributed by atoms with Gasteiger partial charge in [-0.15, -0.1) is 0 Å². The summed E-state index contributed by atoms with van der Waals surface area (Å²) in [6.07, 6.45) is 0.767. The highest BCUT2D eigenvalue weighted by Crippen LogP contribution is 2.21. The molecule has 2 N–H and O–H groups in total. The van der Waals surface area contributed by atoms with Crippen LogP contribution in [0.1, 0.15) is 25.8 Å². The Kier molecular flexibility index (Phi) is 6.98. The highest BCUT2D eigenvalue weighted by molar-refractivity contribution is 7.89. The van der Waals surface area contributed by atoms with Crippen molar-refractivity contribution >= 4 is 10.0 Å². The summed E-state index contributed by atoms with van der Waals surface area (Å²) in [6, 6.07) is 4.91. The topological polar surface area (TPSA) is 67.4 Å². The molecule has 0 saturated carbocycles. The summed E-state index contributed by atoms with van der Waals surface area (Å²) < 4.78 is 32.2. The van der Waals surface area contributed by atoms with Crippen LogP contribution >= 0.6 is 0 Å². The van der Waals surface area contributed by atoms with Crippen molar-refractivity contribution < 1.29 is 13.2 Å². The van der Waals surface area contributed by atoms with Crippen LogP contribution in [0.15, 0.2) is 23.1 Å². The second kappa shape index (κ2) is 8.24. The van der Waals surface area contributed by atoms with Crippen molar-refractivity contribution in [2.24, 2.45) is 0 Å². The molecule has 0 aliphatic carbocycles. The Hall–Kier alpha value is -1.11. The first-order valence-corrected chi connectivity index (χ1v) is 8.43. The van der Waals surface area contributed by atoms with Crippen molar-refractivity contribution in [1.82, 2.24) is 10.0 Å². The molecule has 0 amide bonds. The van der Waals surface area contributed by atoms with Crippen LogP contribution < -0.4 is 14.8 Å². The standard InChI is InChI=1S/C14H24N2O3S/c1-4-15-9-6-10-16-20(17,18)13-7-8-14(19-5-2)12(3)11-13/h7-8,11,15-16H,4-6,9-10H2,1-3H3. The van der Waals surface area contributed by atoms with Crippen LogP contribution in [0.5, 0.6) is 5.75 Å². The third-order valence-electron chi connectivity index (χ3n) is 2.83. The average Bonchev–Trinajstić information content (AvgIpc) is 2.41. The molecule has 1 aromatic carbocycles. The van der Waals surface area contributed by atoms with Crippen molar-refractivity contribution in [3.05, 3.63) is 23.8 Å². The smallest absolute Gasteiger partial charge is 0.240 e. The van der Waals surface area contributed by atoms with Gasteiger partial charge in [-0.1, -0.05) is 6.92 Å². The van der Waals surface area contributed by atoms with E-state index in [-0.39, 0.29) is 4.90 Å². The Labute approximate surface area is 121 Å². The number of sulfonamides is 1. The number of hydrogen-bond acceptors (Lipinski definition) is 4. The lowest BCUT2D eigenvalue weighted by atomic mass is 10.2. The van der Waals surface area contributed by atoms with E-state index >= 15 is 0 Å². The molecular formula is C14H24N2O3S. The molecule has 0 fully saturated rings. The van der Waals surface area contributed by atoms with Gasteiger partial charge in [0.15, 0.2) is 0 Å². The Balaban J connectivity index is 2.65. The zero-order valence-electron chi connectivity index (χ0n) is 12.4. The number of nitrogens with one attached hydrogen (secondary N) is 2. The SMILES string of the molecule is CCNCCCNS(=O)(=O)c1ccc(OCC)c(C)c1. The Morgan fingerprint density at radius 3 is 2.55 bits per heavy atom. The van der Waals surface area contributed by atoms with Crippen molar-refractivity contribution in [2.45, 2.75) is 32.1 Å². The van der Waals surface area contributed by atoms with Gasteiger partial charge in [0.2, 0.25) is 10.0 Å². The second-order valence-corrected chi connectivity index (χ2v) is 6.23. The van der Waals surface area contributed by atoms with Crippen LogP contribution in [0.3, 0.4) is 0 Å². The number of hydrogen-bond donors (Lipinski definition) is 2. The molecule has 0 saturated heterocycles. The van der Waals surface area contributed by atoms with Gasteiger partial charge in [-0.3, -0.25) is 0 Å². The molecular weight excluding hydrogens is 276 g/mol. The van der Waals surface area contributed by atoms with E-state index in [1.165, 1.54) is 0 Å². The first-order valence-electron chi connectivity index (χ1n) is 6.95. The average molecular weight is 300 g/mol. The van der Waals surface area contributed by atoms with E-state index < -0.39 is 10.0 Å². The molecule has 1 aromatic rings. The van der Waals surface area contributed by atoms with Crippen molar-refractivity contribution in [3.8, 4) is 5.75 Å². The molecule has 0 aromatic heterocycles. The minimum atomic E-state index is -3.44.